The zero-order valence-corrected chi connectivity index (χ0v) is 24.5. The first-order valence-electron chi connectivity index (χ1n) is 12.7. The Bertz CT molecular complexity index is 1400. The molecule has 2 heterocycles. The van der Waals surface area contributed by atoms with E-state index in [2.05, 4.69) is 18.4 Å². The van der Waals surface area contributed by atoms with Crippen LogP contribution in [0.2, 0.25) is 0 Å². The molecule has 2 aromatic rings. The summed E-state index contributed by atoms with van der Waals surface area (Å²) in [6, 6.07) is 4.61. The van der Waals surface area contributed by atoms with E-state index >= 15 is 0 Å². The number of hydrogen-bond acceptors (Lipinski definition) is 9. The van der Waals surface area contributed by atoms with Crippen LogP contribution in [0.1, 0.15) is 51.8 Å². The summed E-state index contributed by atoms with van der Waals surface area (Å²) in [5, 5.41) is 0.627. The van der Waals surface area contributed by atoms with Crippen molar-refractivity contribution >= 4 is 38.7 Å². The maximum absolute atomic E-state index is 13.5. The second-order valence-corrected chi connectivity index (χ2v) is 12.3. The first-order chi connectivity index (χ1) is 18.1. The number of aromatic nitrogens is 1. The lowest BCUT2D eigenvalue weighted by molar-refractivity contribution is -0.133. The molecule has 10 nitrogen and oxygen atoms in total. The largest absolute Gasteiger partial charge is 0.496 e. The van der Waals surface area contributed by atoms with Crippen LogP contribution < -0.4 is 4.18 Å². The summed E-state index contributed by atoms with van der Waals surface area (Å²) >= 11 is 0. The zero-order chi connectivity index (χ0) is 29.1. The number of fused-ring (bicyclic) bond motifs is 1. The van der Waals surface area contributed by atoms with Crippen molar-refractivity contribution in [2.45, 2.75) is 58.7 Å². The van der Waals surface area contributed by atoms with E-state index < -0.39 is 27.8 Å². The van der Waals surface area contributed by atoms with Gasteiger partial charge in [-0.1, -0.05) is 13.5 Å². The maximum atomic E-state index is 13.5. The molecule has 0 fully saturated rings. The van der Waals surface area contributed by atoms with E-state index in [4.69, 9.17) is 18.4 Å². The topological polar surface area (TPSA) is 113 Å². The molecule has 0 N–H and O–H groups in total. The monoisotopic (exact) mass is 562 g/mol. The number of ether oxygens (including phenoxy) is 3. The van der Waals surface area contributed by atoms with Crippen LogP contribution >= 0.6 is 0 Å². The van der Waals surface area contributed by atoms with E-state index in [1.807, 2.05) is 13.3 Å². The molecule has 11 heteroatoms. The highest BCUT2D eigenvalue weighted by Crippen LogP contribution is 2.35. The van der Waals surface area contributed by atoms with Crippen molar-refractivity contribution in [1.29, 1.82) is 0 Å². The van der Waals surface area contributed by atoms with Crippen LogP contribution in [0.3, 0.4) is 0 Å². The van der Waals surface area contributed by atoms with Crippen LogP contribution in [0.25, 0.3) is 16.5 Å². The Hall–Kier alpha value is -3.31. The summed E-state index contributed by atoms with van der Waals surface area (Å²) in [5.41, 5.74) is 1.63. The van der Waals surface area contributed by atoms with Crippen molar-refractivity contribution in [3.8, 4) is 5.75 Å². The highest BCUT2D eigenvalue weighted by atomic mass is 32.2. The van der Waals surface area contributed by atoms with Gasteiger partial charge in [-0.05, 0) is 63.9 Å². The highest BCUT2D eigenvalue weighted by molar-refractivity contribution is 7.86. The van der Waals surface area contributed by atoms with Crippen LogP contribution in [0, 0.1) is 0 Å². The summed E-state index contributed by atoms with van der Waals surface area (Å²) in [6.45, 7) is 12.5. The molecule has 1 unspecified atom stereocenters. The first kappa shape index (κ1) is 30.2. The minimum Gasteiger partial charge on any atom is -0.496 e. The fourth-order valence-electron chi connectivity index (χ4n) is 4.51. The number of benzene rings is 1. The van der Waals surface area contributed by atoms with Crippen LogP contribution in [-0.2, 0) is 35.5 Å². The number of likely N-dealkylation sites (N-methyl/N-ethyl adjacent to an activating group) is 1. The molecule has 3 rings (SSSR count). The standard InChI is InChI=1S/C28H38N2O8S/c1-9-19-14-21(36-17-19)16-29(6)13-12-23-22-11-10-20(38-39(8,33)34)15-24(22)30(27(32)37-28(3,4)5)25(23)18(2)26(31)35-7/h10-11,15,17,21H,2,9,12-14,16H2,1,3-8H3. The summed E-state index contributed by atoms with van der Waals surface area (Å²) in [5.74, 6) is -0.689. The molecule has 0 saturated carbocycles. The van der Waals surface area contributed by atoms with E-state index in [0.29, 0.717) is 36.0 Å². The van der Waals surface area contributed by atoms with Gasteiger partial charge in [0.25, 0.3) is 0 Å². The van der Waals surface area contributed by atoms with Crippen molar-refractivity contribution < 1.29 is 36.4 Å². The second kappa shape index (κ2) is 11.8. The van der Waals surface area contributed by atoms with Gasteiger partial charge >= 0.3 is 22.2 Å². The Morgan fingerprint density at radius 2 is 1.95 bits per heavy atom. The highest BCUT2D eigenvalue weighted by Gasteiger charge is 2.30. The second-order valence-electron chi connectivity index (χ2n) is 10.7. The van der Waals surface area contributed by atoms with Crippen molar-refractivity contribution in [1.82, 2.24) is 9.47 Å². The molecule has 0 aliphatic carbocycles. The molecule has 0 radical (unpaired) electrons. The molecular formula is C28H38N2O8S. The predicted molar refractivity (Wildman–Crippen MR) is 149 cm³/mol. The number of hydrogen-bond donors (Lipinski definition) is 0. The van der Waals surface area contributed by atoms with E-state index in [1.54, 1.807) is 26.8 Å². The van der Waals surface area contributed by atoms with Gasteiger partial charge in [0, 0.05) is 31.0 Å². The molecular weight excluding hydrogens is 524 g/mol. The molecule has 1 aromatic heterocycles. The van der Waals surface area contributed by atoms with E-state index in [1.165, 1.54) is 29.4 Å². The number of rotatable bonds is 10. The van der Waals surface area contributed by atoms with E-state index in [0.717, 1.165) is 19.1 Å². The molecule has 1 aliphatic rings. The minimum atomic E-state index is -3.82. The van der Waals surface area contributed by atoms with Crippen molar-refractivity contribution in [2.24, 2.45) is 0 Å². The summed E-state index contributed by atoms with van der Waals surface area (Å²) in [4.78, 5) is 28.3. The third-order valence-electron chi connectivity index (χ3n) is 6.22. The van der Waals surface area contributed by atoms with Gasteiger partial charge in [0.2, 0.25) is 0 Å². The smallest absolute Gasteiger partial charge is 0.419 e. The Labute approximate surface area is 230 Å². The third-order valence-corrected chi connectivity index (χ3v) is 6.71. The predicted octanol–water partition coefficient (Wildman–Crippen LogP) is 4.51. The number of nitrogens with zero attached hydrogens (tertiary/aromatic N) is 2. The molecule has 214 valence electrons. The summed E-state index contributed by atoms with van der Waals surface area (Å²) < 4.78 is 46.3. The Morgan fingerprint density at radius 1 is 1.26 bits per heavy atom. The molecule has 0 amide bonds. The molecule has 1 aromatic carbocycles. The molecule has 0 bridgehead atoms. The van der Waals surface area contributed by atoms with Crippen LogP contribution in [0.5, 0.6) is 5.75 Å². The fraction of sp³-hybridized carbons (Fsp3) is 0.500. The van der Waals surface area contributed by atoms with Gasteiger partial charge in [0.05, 0.1) is 36.4 Å². The lowest BCUT2D eigenvalue weighted by Crippen LogP contribution is -2.31. The van der Waals surface area contributed by atoms with Gasteiger partial charge in [0.15, 0.2) is 0 Å². The average molecular weight is 563 g/mol. The van der Waals surface area contributed by atoms with Gasteiger partial charge in [0.1, 0.15) is 17.5 Å². The van der Waals surface area contributed by atoms with Crippen molar-refractivity contribution in [2.75, 3.05) is 33.5 Å². The number of carbonyl (C=O) groups is 2. The number of carbonyl (C=O) groups excluding carboxylic acids is 2. The fourth-order valence-corrected chi connectivity index (χ4v) is 4.96. The average Bonchev–Trinajstić information content (AvgIpc) is 3.41. The van der Waals surface area contributed by atoms with Crippen LogP contribution in [0.15, 0.2) is 36.6 Å². The van der Waals surface area contributed by atoms with Gasteiger partial charge < -0.3 is 23.3 Å². The molecule has 1 atom stereocenters. The lowest BCUT2D eigenvalue weighted by Gasteiger charge is -2.22. The van der Waals surface area contributed by atoms with Gasteiger partial charge in [-0.15, -0.1) is 0 Å². The van der Waals surface area contributed by atoms with Crippen molar-refractivity contribution in [3.63, 3.8) is 0 Å². The molecule has 39 heavy (non-hydrogen) atoms. The van der Waals surface area contributed by atoms with Crippen molar-refractivity contribution in [3.05, 3.63) is 47.9 Å². The summed E-state index contributed by atoms with van der Waals surface area (Å²) in [7, 11) is -0.609. The van der Waals surface area contributed by atoms with E-state index in [9.17, 15) is 18.0 Å². The number of esters is 1. The maximum Gasteiger partial charge on any atom is 0.419 e. The minimum absolute atomic E-state index is 0.0174. The van der Waals surface area contributed by atoms with Crippen LogP contribution in [-0.4, -0.2) is 75.2 Å². The van der Waals surface area contributed by atoms with Gasteiger partial charge in [-0.2, -0.15) is 8.42 Å². The molecule has 0 spiro atoms. The normalized spacial score (nSPS) is 15.7. The zero-order valence-electron chi connectivity index (χ0n) is 23.7. The molecule has 1 aliphatic heterocycles. The molecule has 0 saturated heterocycles. The Kier molecular flexibility index (Phi) is 9.17. The van der Waals surface area contributed by atoms with Gasteiger partial charge in [-0.25, -0.2) is 14.2 Å². The first-order valence-corrected chi connectivity index (χ1v) is 14.5. The Balaban J connectivity index is 2.09. The third kappa shape index (κ3) is 7.63. The quantitative estimate of drug-likeness (QED) is 0.234. The number of methoxy groups -OCH3 is 1. The lowest BCUT2D eigenvalue weighted by atomic mass is 10.0. The van der Waals surface area contributed by atoms with E-state index in [-0.39, 0.29) is 23.1 Å². The van der Waals surface area contributed by atoms with Gasteiger partial charge in [-0.3, -0.25) is 0 Å². The SMILES string of the molecule is C=C(C(=O)OC)c1c(CCN(C)CC2CC(CC)=CO2)c2ccc(OS(C)(=O)=O)cc2n1C(=O)OC(C)(C)C. The summed E-state index contributed by atoms with van der Waals surface area (Å²) in [6.07, 6.45) is 4.36. The van der Waals surface area contributed by atoms with Crippen LogP contribution in [0.4, 0.5) is 4.79 Å². The Morgan fingerprint density at radius 3 is 2.51 bits per heavy atom.